The standard InChI is InChI=1S/4C4H10NO.6C2H4O2.2Cd.4Cu.H2O.O/c4*1-5(2)3-4-6;6*1-2(3)4;;;;;;;;/h4*3-4H2,1-2H3;6*1H3,(H,3,4);;;;;;;1H2;/q4*-1;;;;;;;6*+2;;-2/p-6. The molecule has 0 saturated heterocycles. The van der Waals surface area contributed by atoms with Crippen LogP contribution in [-0.2, 0) is 157 Å². The van der Waals surface area contributed by atoms with Crippen LogP contribution in [0.1, 0.15) is 41.5 Å². The van der Waals surface area contributed by atoms with Crippen molar-refractivity contribution in [3.8, 4) is 0 Å². The van der Waals surface area contributed by atoms with Gasteiger partial charge < -0.3 is 110 Å². The summed E-state index contributed by atoms with van der Waals surface area (Å²) >= 11 is 0. The van der Waals surface area contributed by atoms with Gasteiger partial charge in [-0.25, -0.2) is 0 Å². The minimum atomic E-state index is -1.08. The Labute approximate surface area is 416 Å². The number of carbonyl (C=O) groups is 6. The SMILES string of the molecule is CC(=O)[O-].CC(=O)[O-].CC(=O)[O-].CC(=O)[O-].CC(=O)[O-].CC(=O)[O-].CN(C)CC[O-].CN(C)CC[O-].CN(C)CC[O-].CN(C)CC[O-].O.[Cd+2].[Cd+2].[Cu+2].[Cu+2].[Cu+2].[Cu+2].[O-2]. The summed E-state index contributed by atoms with van der Waals surface area (Å²) in [5, 5.41) is 92.1. The Morgan fingerprint density at radius 1 is 0.339 bits per heavy atom. The van der Waals surface area contributed by atoms with E-state index in [9.17, 15) is 20.4 Å². The van der Waals surface area contributed by atoms with Crippen LogP contribution in [0, 0.1) is 0 Å². The van der Waals surface area contributed by atoms with Crippen molar-refractivity contribution in [1.29, 1.82) is 0 Å². The van der Waals surface area contributed by atoms with Gasteiger partial charge in [-0.15, -0.1) is 26.4 Å². The fourth-order valence-corrected chi connectivity index (χ4v) is 0.730. The van der Waals surface area contributed by atoms with Crippen molar-refractivity contribution in [3.05, 3.63) is 0 Å². The van der Waals surface area contributed by atoms with Crippen LogP contribution in [0.4, 0.5) is 0 Å². The zero-order valence-corrected chi connectivity index (χ0v) is 46.3. The van der Waals surface area contributed by atoms with Gasteiger partial charge in [0.2, 0.25) is 0 Å². The number of carbonyl (C=O) groups excluding carboxylic acids is 6. The van der Waals surface area contributed by atoms with E-state index in [4.69, 9.17) is 59.4 Å². The number of hydrogen-bond acceptors (Lipinski definition) is 20. The van der Waals surface area contributed by atoms with Crippen LogP contribution in [0.5, 0.6) is 0 Å². The van der Waals surface area contributed by atoms with Crippen molar-refractivity contribution in [2.75, 3.05) is 109 Å². The van der Waals surface area contributed by atoms with Crippen LogP contribution in [-0.4, -0.2) is 170 Å². The first-order valence-electron chi connectivity index (χ1n) is 13.4. The molecule has 2 N–H and O–H groups in total. The summed E-state index contributed by atoms with van der Waals surface area (Å²) in [5.74, 6) is -6.50. The van der Waals surface area contributed by atoms with Gasteiger partial charge in [-0.1, -0.05) is 0 Å². The van der Waals surface area contributed by atoms with E-state index in [-0.39, 0.29) is 160 Å². The summed E-state index contributed by atoms with van der Waals surface area (Å²) in [5.41, 5.74) is 0. The smallest absolute Gasteiger partial charge is 2.00 e. The molecule has 56 heavy (non-hydrogen) atoms. The molecule has 0 spiro atoms. The Morgan fingerprint density at radius 3 is 0.393 bits per heavy atom. The molecule has 4 radical (unpaired) electrons. The number of nitrogens with zero attached hydrogens (tertiary/aromatic N) is 4. The van der Waals surface area contributed by atoms with E-state index < -0.39 is 35.8 Å². The fraction of sp³-hybridized carbons (Fsp3) is 0.786. The van der Waals surface area contributed by atoms with Gasteiger partial charge >= 0.3 is 123 Å². The Balaban J connectivity index is -0.0000000177. The first kappa shape index (κ1) is 117. The Bertz CT molecular complexity index is 559. The molecule has 0 heterocycles. The fourth-order valence-electron chi connectivity index (χ4n) is 0.730. The topological polar surface area (TPSA) is 406 Å². The monoisotopic (exact) mass is 1220 g/mol. The predicted octanol–water partition coefficient (Wildman–Crippen LogP) is -12.8. The second kappa shape index (κ2) is 111. The van der Waals surface area contributed by atoms with Crippen molar-refractivity contribution in [3.63, 3.8) is 0 Å². The maximum absolute atomic E-state index is 9.70. The average molecular weight is 1220 g/mol. The zero-order valence-electron chi connectivity index (χ0n) is 34.5. The number of likely N-dealkylation sites (N-methyl/N-ethyl adjacent to an activating group) is 4. The molecule has 28 heteroatoms. The number of aliphatic carboxylic acids is 6. The molecule has 0 bridgehead atoms. The molecule has 0 aliphatic carbocycles. The molecular weight excluding hydrogens is 1160 g/mol. The van der Waals surface area contributed by atoms with Gasteiger partial charge in [-0.2, -0.15) is 0 Å². The summed E-state index contributed by atoms with van der Waals surface area (Å²) in [7, 11) is 15.1. The molecule has 0 aromatic heterocycles. The largest absolute Gasteiger partial charge is 2.00 e. The number of carboxylic acid groups (broad SMARTS) is 6. The summed E-state index contributed by atoms with van der Waals surface area (Å²) in [6.45, 7) is 8.47. The predicted molar refractivity (Wildman–Crippen MR) is 162 cm³/mol. The molecule has 348 valence electrons. The Hall–Kier alpha value is 0.342. The molecule has 0 aromatic carbocycles. The third-order valence-corrected chi connectivity index (χ3v) is 2.15. The molecule has 0 aromatic rings. The average Bonchev–Trinajstić information content (AvgIpc) is 2.77. The first-order valence-corrected chi connectivity index (χ1v) is 13.4. The molecule has 0 atom stereocenters. The molecule has 0 aliphatic heterocycles. The maximum atomic E-state index is 9.70. The van der Waals surface area contributed by atoms with Gasteiger partial charge in [-0.05, 0) is 124 Å². The van der Waals surface area contributed by atoms with Gasteiger partial charge in [0.1, 0.15) is 0 Å². The van der Waals surface area contributed by atoms with E-state index in [1.165, 1.54) is 0 Å². The van der Waals surface area contributed by atoms with Gasteiger partial charge in [-0.3, -0.25) is 0 Å². The quantitative estimate of drug-likeness (QED) is 0.204. The van der Waals surface area contributed by atoms with Gasteiger partial charge in [0.05, 0.1) is 0 Å². The van der Waals surface area contributed by atoms with E-state index in [1.54, 1.807) is 0 Å². The second-order valence-corrected chi connectivity index (χ2v) is 8.98. The molecule has 0 fully saturated rings. The van der Waals surface area contributed by atoms with Gasteiger partial charge in [0, 0.05) is 35.8 Å². The zero-order chi connectivity index (χ0) is 41.4. The van der Waals surface area contributed by atoms with E-state index in [0.29, 0.717) is 26.2 Å². The molecule has 0 aliphatic rings. The number of rotatable bonds is 8. The van der Waals surface area contributed by atoms with E-state index in [2.05, 4.69) is 0 Å². The minimum absolute atomic E-state index is 0. The summed E-state index contributed by atoms with van der Waals surface area (Å²) in [6.07, 6.45) is 0. The number of hydrogen-bond donors (Lipinski definition) is 0. The summed E-state index contributed by atoms with van der Waals surface area (Å²) in [6, 6.07) is 0. The second-order valence-electron chi connectivity index (χ2n) is 8.98. The van der Waals surface area contributed by atoms with E-state index in [1.807, 2.05) is 76.0 Å². The third kappa shape index (κ3) is 1020. The van der Waals surface area contributed by atoms with Crippen molar-refractivity contribution in [2.24, 2.45) is 0 Å². The summed E-state index contributed by atoms with van der Waals surface area (Å²) < 4.78 is 0. The molecule has 0 amide bonds. The molecule has 22 nitrogen and oxygen atoms in total. The van der Waals surface area contributed by atoms with Crippen molar-refractivity contribution in [1.82, 2.24) is 19.6 Å². The van der Waals surface area contributed by atoms with Crippen LogP contribution in [0.3, 0.4) is 0 Å². The molecule has 0 rings (SSSR count). The van der Waals surface area contributed by atoms with Gasteiger partial charge in [0.15, 0.2) is 0 Å². The summed E-state index contributed by atoms with van der Waals surface area (Å²) in [4.78, 5) is 60.8. The van der Waals surface area contributed by atoms with Crippen molar-refractivity contribution < 1.29 is 214 Å². The van der Waals surface area contributed by atoms with Crippen molar-refractivity contribution in [2.45, 2.75) is 41.5 Å². The van der Waals surface area contributed by atoms with Crippen LogP contribution in [0.2, 0.25) is 0 Å². The first-order chi connectivity index (χ1) is 21.5. The van der Waals surface area contributed by atoms with Crippen molar-refractivity contribution >= 4 is 35.8 Å². The van der Waals surface area contributed by atoms with E-state index in [0.717, 1.165) is 41.5 Å². The van der Waals surface area contributed by atoms with Crippen LogP contribution in [0.25, 0.3) is 0 Å². The van der Waals surface area contributed by atoms with Crippen LogP contribution < -0.4 is 51.1 Å². The molecule has 0 unspecified atom stereocenters. The van der Waals surface area contributed by atoms with Crippen LogP contribution >= 0.6 is 0 Å². The normalized spacial score (nSPS) is 6.96. The molecular formula is C28H60Cd2Cu4N4O18. The van der Waals surface area contributed by atoms with Gasteiger partial charge in [0.25, 0.3) is 0 Å². The number of carboxylic acids is 6. The van der Waals surface area contributed by atoms with Crippen LogP contribution in [0.15, 0.2) is 0 Å². The molecule has 0 saturated carbocycles. The maximum Gasteiger partial charge on any atom is 2.00 e. The Morgan fingerprint density at radius 2 is 0.393 bits per heavy atom. The Kier molecular flexibility index (Phi) is 233. The third-order valence-electron chi connectivity index (χ3n) is 2.15. The van der Waals surface area contributed by atoms with E-state index >= 15 is 0 Å². The minimum Gasteiger partial charge on any atom is -2.00 e.